The number of rotatable bonds is 17. The molecule has 576 valence electrons. The minimum atomic E-state index is -0.516. The number of hydrogen-bond acceptors (Lipinski definition) is 20. The summed E-state index contributed by atoms with van der Waals surface area (Å²) in [5.74, 6) is 7.28. The van der Waals surface area contributed by atoms with Crippen LogP contribution in [-0.4, -0.2) is 116 Å². The number of aliphatic imine (C=N–C) groups is 1. The lowest BCUT2D eigenvalue weighted by Gasteiger charge is -2.19. The monoisotopic (exact) mass is 1740 g/mol. The number of Topliss-reactive ketones (excluding diaryl/α,β-unsaturated/α-hetero) is 1. The molecule has 3 aromatic heterocycles. The van der Waals surface area contributed by atoms with Crippen LogP contribution in [0.25, 0.3) is 23.1 Å². The quantitative estimate of drug-likeness (QED) is 0.0108. The van der Waals surface area contributed by atoms with Gasteiger partial charge in [-0.2, -0.15) is 5.10 Å². The van der Waals surface area contributed by atoms with Crippen LogP contribution < -0.4 is 27.0 Å². The van der Waals surface area contributed by atoms with Crippen LogP contribution in [0.4, 0.5) is 22.1 Å². The topological polar surface area (TPSA) is 289 Å². The van der Waals surface area contributed by atoms with E-state index in [2.05, 4.69) is 127 Å². The lowest BCUT2D eigenvalue weighted by atomic mass is 10.0. The number of hydrazone groups is 1. The zero-order chi connectivity index (χ0) is 80.6. The van der Waals surface area contributed by atoms with Crippen molar-refractivity contribution >= 4 is 178 Å². The van der Waals surface area contributed by atoms with Crippen LogP contribution in [0.2, 0.25) is 5.02 Å². The number of ketones is 1. The predicted octanol–water partition coefficient (Wildman–Crippen LogP) is 17.9. The Bertz CT molecular complexity index is 5480. The Morgan fingerprint density at radius 3 is 2.05 bits per heavy atom. The molecular weight excluding hydrogens is 1670 g/mol. The van der Waals surface area contributed by atoms with Gasteiger partial charge >= 0.3 is 0 Å². The maximum Gasteiger partial charge on any atom is 0.286 e. The van der Waals surface area contributed by atoms with Crippen molar-refractivity contribution in [1.29, 1.82) is 0 Å². The molecule has 1 unspecified atom stereocenters. The van der Waals surface area contributed by atoms with E-state index in [1.54, 1.807) is 66.9 Å². The number of aromatic nitrogens is 5. The van der Waals surface area contributed by atoms with Gasteiger partial charge in [-0.05, 0) is 195 Å². The van der Waals surface area contributed by atoms with Gasteiger partial charge in [0, 0.05) is 57.2 Å². The van der Waals surface area contributed by atoms with E-state index >= 15 is 0 Å². The molecule has 10 aromatic rings. The third kappa shape index (κ3) is 21.3. The van der Waals surface area contributed by atoms with Gasteiger partial charge in [0.2, 0.25) is 11.8 Å². The van der Waals surface area contributed by atoms with Crippen LogP contribution >= 0.6 is 103 Å². The molecule has 7 heterocycles. The Labute approximate surface area is 692 Å². The molecule has 1 atom stereocenters. The van der Waals surface area contributed by atoms with Crippen molar-refractivity contribution in [3.8, 4) is 22.9 Å². The Balaban J connectivity index is 0.000000149. The molecule has 0 radical (unpaired) electrons. The molecule has 22 nitrogen and oxygen atoms in total. The fourth-order valence-electron chi connectivity index (χ4n) is 11.7. The normalized spacial score (nSPS) is 15.1. The molecular formula is C82H77Br2Cl2N13O9S4. The number of aromatic amines is 1. The van der Waals surface area contributed by atoms with Gasteiger partial charge in [0.15, 0.2) is 16.4 Å². The number of nitrogens with zero attached hydrogens (tertiary/aromatic N) is 9. The summed E-state index contributed by atoms with van der Waals surface area (Å²) in [6.07, 6.45) is 8.08. The second kappa shape index (κ2) is 38.8. The number of amides is 5. The van der Waals surface area contributed by atoms with E-state index in [-0.39, 0.29) is 56.5 Å². The summed E-state index contributed by atoms with van der Waals surface area (Å²) in [5, 5.41) is 24.8. The minimum Gasteiger partial charge on any atom is -0.494 e. The third-order valence-electron chi connectivity index (χ3n) is 17.9. The number of carbonyl (C=O) groups excluding carboxylic acids is 6. The van der Waals surface area contributed by atoms with Crippen molar-refractivity contribution in [2.24, 2.45) is 10.1 Å². The van der Waals surface area contributed by atoms with Gasteiger partial charge < -0.3 is 20.3 Å². The maximum atomic E-state index is 12.7. The maximum absolute atomic E-state index is 12.7. The lowest BCUT2D eigenvalue weighted by Crippen LogP contribution is -2.34. The number of hydrogen-bond donors (Lipinski definition) is 5. The molecule has 30 heteroatoms. The highest BCUT2D eigenvalue weighted by molar-refractivity contribution is 9.10. The van der Waals surface area contributed by atoms with E-state index < -0.39 is 16.7 Å². The molecule has 0 saturated carbocycles. The molecule has 0 bridgehead atoms. The number of nitrogens with one attached hydrogen (secondary N) is 3. The van der Waals surface area contributed by atoms with E-state index in [1.165, 1.54) is 54.4 Å². The van der Waals surface area contributed by atoms with E-state index in [1.807, 2.05) is 117 Å². The summed E-state index contributed by atoms with van der Waals surface area (Å²) in [4.78, 5) is 96.7. The fraction of sp³-hybridized carbons (Fsp3) is 0.207. The number of aryl methyl sites for hydroxylation is 6. The largest absolute Gasteiger partial charge is 0.494 e. The second-order valence-electron chi connectivity index (χ2n) is 26.1. The number of H-pyrrole nitrogens is 1. The number of benzene rings is 7. The summed E-state index contributed by atoms with van der Waals surface area (Å²) < 4.78 is 11.0. The third-order valence-corrected chi connectivity index (χ3v) is 22.2. The number of halogens is 4. The van der Waals surface area contributed by atoms with E-state index in [0.29, 0.717) is 72.4 Å². The zero-order valence-corrected chi connectivity index (χ0v) is 69.9. The first-order chi connectivity index (χ1) is 53.6. The molecule has 0 spiro atoms. The number of anilines is 2. The molecule has 7 aromatic carbocycles. The Kier molecular flexibility index (Phi) is 29.2. The zero-order valence-electron chi connectivity index (χ0n) is 62.0. The minimum absolute atomic E-state index is 0.0110. The molecule has 4 aliphatic rings. The number of aromatic hydroxyl groups is 1. The Morgan fingerprint density at radius 2 is 1.42 bits per heavy atom. The molecule has 5 amide bonds. The lowest BCUT2D eigenvalue weighted by molar-refractivity contribution is -0.122. The first kappa shape index (κ1) is 84.3. The highest BCUT2D eigenvalue weighted by Gasteiger charge is 2.42. The van der Waals surface area contributed by atoms with Crippen LogP contribution in [0.1, 0.15) is 112 Å². The number of thioether (sulfide) groups is 2. The first-order valence-corrected chi connectivity index (χ1v) is 40.0. The number of nitrogens with two attached hydrogens (primary N) is 1. The standard InChI is InChI=1S/C22H21NO2S2.C18H14ClN3O2S.C14H12BrClN2O2.C14H10BrNO3S.C14H20N6/c1-14(2)17-10-8-16(9-11-17)12-20-21(25)23(22(26)27-20)13-19(24)18-7-5-4-6-15(18)3;1-11-5-2-3-8-15(11)22-17(24)14(16(23)21-18(22)25)10-20-13-7-4-6-12(19)9-13;15-9-3-5-10(6-4-9)18-13(19)11(16)12(14(18)20)17-7-1-2-8-17;15-9-3-1-8(2-4-9)11-6-5-10(19-11)7-12-13(17)16-14(18)20-12;1-5-13-17-19-14(20(13)15)18-16-8-12-7-10(3)9(2)6-11(12)4/h4-12,14H,13H2,1-3H3;2-10,24H,1H3,(H,21,23,25);3-6H,1-2,7-8H2;1-6,12H,7H2,(H,16,17,18);6-8H,5,15H2,1-4H3,(H,18,19)/b20-12-;;;;16-8+. The van der Waals surface area contributed by atoms with Crippen molar-refractivity contribution in [3.63, 3.8) is 0 Å². The summed E-state index contributed by atoms with van der Waals surface area (Å²) in [5.41, 5.74) is 14.8. The average molecular weight is 1750 g/mol. The van der Waals surface area contributed by atoms with Crippen LogP contribution in [0.3, 0.4) is 0 Å². The van der Waals surface area contributed by atoms with E-state index in [0.717, 1.165) is 91.5 Å². The highest BCUT2D eigenvalue weighted by Crippen LogP contribution is 2.36. The molecule has 0 aliphatic carbocycles. The number of para-hydroxylation sites is 1. The Morgan fingerprint density at radius 1 is 0.759 bits per heavy atom. The van der Waals surface area contributed by atoms with Gasteiger partial charge in [-0.1, -0.05) is 203 Å². The van der Waals surface area contributed by atoms with Crippen molar-refractivity contribution in [2.45, 2.75) is 92.2 Å². The summed E-state index contributed by atoms with van der Waals surface area (Å²) in [6, 6.07) is 52.6. The smallest absolute Gasteiger partial charge is 0.286 e. The van der Waals surface area contributed by atoms with Crippen molar-refractivity contribution in [1.82, 2.24) is 39.5 Å². The number of nitrogen functional groups attached to an aromatic ring is 1. The van der Waals surface area contributed by atoms with Crippen molar-refractivity contribution < 1.29 is 38.3 Å². The van der Waals surface area contributed by atoms with Crippen LogP contribution in [0, 0.1) is 39.4 Å². The summed E-state index contributed by atoms with van der Waals surface area (Å²) >= 11 is 31.5. The van der Waals surface area contributed by atoms with Crippen LogP contribution in [-0.2, 0) is 32.0 Å². The number of thiocarbonyl (C=S) groups is 1. The molecule has 6 N–H and O–H groups in total. The molecule has 4 aliphatic heterocycles. The molecule has 112 heavy (non-hydrogen) atoms. The van der Waals surface area contributed by atoms with E-state index in [4.69, 9.17) is 57.9 Å². The Hall–Kier alpha value is -10.2. The number of furan rings is 1. The number of likely N-dealkylation sites (tertiary alicyclic amines) is 1. The first-order valence-electron chi connectivity index (χ1n) is 35.2. The highest BCUT2D eigenvalue weighted by atomic mass is 79.9. The summed E-state index contributed by atoms with van der Waals surface area (Å²) in [7, 11) is 0. The van der Waals surface area contributed by atoms with Gasteiger partial charge in [-0.25, -0.2) is 15.0 Å². The van der Waals surface area contributed by atoms with Gasteiger partial charge in [-0.15, -0.1) is 10.2 Å². The second-order valence-corrected chi connectivity index (χ2v) is 32.0. The van der Waals surface area contributed by atoms with Gasteiger partial charge in [0.1, 0.15) is 37.4 Å². The number of carbonyl (C=O) groups is 6. The van der Waals surface area contributed by atoms with Crippen molar-refractivity contribution in [2.75, 3.05) is 35.8 Å². The molecule has 3 fully saturated rings. The fourth-order valence-corrected chi connectivity index (χ4v) is 15.1. The molecule has 14 rings (SSSR count). The van der Waals surface area contributed by atoms with Crippen molar-refractivity contribution in [3.05, 3.63) is 282 Å². The average Bonchev–Trinajstić information content (AvgIpc) is 1.41. The number of imide groups is 2. The van der Waals surface area contributed by atoms with Crippen LogP contribution in [0.15, 0.2) is 214 Å². The van der Waals surface area contributed by atoms with E-state index in [9.17, 15) is 38.7 Å². The van der Waals surface area contributed by atoms with Crippen LogP contribution in [0.5, 0.6) is 5.88 Å². The van der Waals surface area contributed by atoms with Gasteiger partial charge in [0.25, 0.3) is 34.5 Å². The predicted molar refractivity (Wildman–Crippen MR) is 460 cm³/mol. The summed E-state index contributed by atoms with van der Waals surface area (Å²) in [6.45, 7) is 17.8. The van der Waals surface area contributed by atoms with Gasteiger partial charge in [-0.3, -0.25) is 58.3 Å². The van der Waals surface area contributed by atoms with Gasteiger partial charge in [0.05, 0.1) is 34.7 Å². The SMILES string of the molecule is CCc1nnc(N/N=C/c2cc(C)c(C)cc2C)n1N.Cc1ccccc1-n1c(O)c(C=Nc2cccc(Cl)c2)c(=O)[nH]c1=S.Cc1ccccc1C(=O)CN1C(=O)/C(=C/c2ccc(C(C)C)cc2)SC1=S.O=C1C(Cl)=C(N2CCCC2)C(=O)N1c1ccc(Br)cc1.O=C1NC(=O)C(Cc2ccc(-c3ccc(Br)cc3)o2)S1. The molecule has 3 saturated heterocycles.